The van der Waals surface area contributed by atoms with E-state index in [1.807, 2.05) is 6.07 Å². The summed E-state index contributed by atoms with van der Waals surface area (Å²) < 4.78 is 35.8. The molecule has 0 spiro atoms. The molecule has 2 aliphatic heterocycles. The highest BCUT2D eigenvalue weighted by Gasteiger charge is 2.38. The van der Waals surface area contributed by atoms with Crippen molar-refractivity contribution in [1.82, 2.24) is 0 Å². The second-order valence-electron chi connectivity index (χ2n) is 5.39. The molecule has 0 bridgehead atoms. The summed E-state index contributed by atoms with van der Waals surface area (Å²) in [6.07, 6.45) is 0. The van der Waals surface area contributed by atoms with Gasteiger partial charge in [0.15, 0.2) is 17.2 Å². The Labute approximate surface area is 187 Å². The van der Waals surface area contributed by atoms with Gasteiger partial charge in [-0.1, -0.05) is 47.0 Å². The average Bonchev–Trinajstić information content (AvgIpc) is 3.36. The lowest BCUT2D eigenvalue weighted by molar-refractivity contribution is -0.283. The zero-order valence-corrected chi connectivity index (χ0v) is 18.8. The van der Waals surface area contributed by atoms with Gasteiger partial charge in [0.1, 0.15) is 12.7 Å². The fraction of sp³-hybridized carbons (Fsp3) is 0.278. The molecule has 6 nitrogen and oxygen atoms in total. The van der Waals surface area contributed by atoms with Gasteiger partial charge >= 0.3 is 5.97 Å². The number of fused-ring (bicyclic) bond motifs is 2. The molecule has 0 aliphatic carbocycles. The molecule has 2 aliphatic rings. The van der Waals surface area contributed by atoms with Crippen LogP contribution in [0.3, 0.4) is 0 Å². The summed E-state index contributed by atoms with van der Waals surface area (Å²) in [5.74, 6) is -2.16. The van der Waals surface area contributed by atoms with Crippen molar-refractivity contribution in [3.8, 4) is 12.1 Å². The first kappa shape index (κ1) is 23.0. The first-order chi connectivity index (χ1) is 14.5. The van der Waals surface area contributed by atoms with Gasteiger partial charge in [-0.2, -0.15) is 10.5 Å². The van der Waals surface area contributed by atoms with E-state index in [4.69, 9.17) is 14.5 Å². The van der Waals surface area contributed by atoms with Crippen molar-refractivity contribution in [1.29, 1.82) is 10.5 Å². The largest absolute Gasteiger partial charge is 0.462 e. The highest BCUT2D eigenvalue weighted by atomic mass is 32.2. The van der Waals surface area contributed by atoms with Gasteiger partial charge in [-0.05, 0) is 13.8 Å². The highest BCUT2D eigenvalue weighted by Crippen LogP contribution is 2.62. The molecule has 0 atom stereocenters. The zero-order chi connectivity index (χ0) is 21.8. The van der Waals surface area contributed by atoms with Gasteiger partial charge in [0.2, 0.25) is 0 Å². The van der Waals surface area contributed by atoms with Crippen LogP contribution >= 0.6 is 47.0 Å². The van der Waals surface area contributed by atoms with Gasteiger partial charge in [0.05, 0.1) is 52.9 Å². The van der Waals surface area contributed by atoms with Crippen LogP contribution in [0.2, 0.25) is 0 Å². The van der Waals surface area contributed by atoms with Crippen molar-refractivity contribution in [2.45, 2.75) is 33.4 Å². The molecule has 0 radical (unpaired) electrons. The Morgan fingerprint density at radius 3 is 1.83 bits per heavy atom. The quantitative estimate of drug-likeness (QED) is 0.131. The Hall–Kier alpha value is -1.67. The monoisotopic (exact) mass is 486 g/mol. The third kappa shape index (κ3) is 4.35. The number of ether oxygens (including phenoxy) is 1. The van der Waals surface area contributed by atoms with E-state index < -0.39 is 17.6 Å². The minimum atomic E-state index is -0.835. The van der Waals surface area contributed by atoms with E-state index in [0.717, 1.165) is 47.0 Å². The molecule has 30 heavy (non-hydrogen) atoms. The molecular formula is C18H12F2N2O4S4. The first-order valence-corrected chi connectivity index (χ1v) is 11.7. The molecule has 0 unspecified atom stereocenters. The van der Waals surface area contributed by atoms with Crippen LogP contribution in [0.25, 0.3) is 0 Å². The van der Waals surface area contributed by atoms with Crippen LogP contribution in [0.4, 0.5) is 8.78 Å². The molecule has 0 fully saturated rings. The summed E-state index contributed by atoms with van der Waals surface area (Å²) in [6, 6.07) is 3.72. The molecule has 0 saturated carbocycles. The summed E-state index contributed by atoms with van der Waals surface area (Å²) in [4.78, 5) is 21.7. The molecule has 0 saturated heterocycles. The van der Waals surface area contributed by atoms with E-state index in [1.54, 1.807) is 19.9 Å². The predicted molar refractivity (Wildman–Crippen MR) is 109 cm³/mol. The lowest BCUT2D eigenvalue weighted by atomic mass is 10.3. The minimum absolute atomic E-state index is 0.00159. The molecule has 12 heteroatoms. The number of esters is 1. The van der Waals surface area contributed by atoms with Crippen LogP contribution in [0.5, 0.6) is 0 Å². The maximum Gasteiger partial charge on any atom is 0.350 e. The van der Waals surface area contributed by atoms with Crippen LogP contribution in [0.15, 0.2) is 39.2 Å². The zero-order valence-electron chi connectivity index (χ0n) is 15.5. The lowest BCUT2D eigenvalue weighted by Gasteiger charge is -2.05. The third-order valence-electron chi connectivity index (χ3n) is 3.57. The van der Waals surface area contributed by atoms with Gasteiger partial charge in [-0.15, -0.1) is 0 Å². The normalized spacial score (nSPS) is 14.1. The number of halogens is 2. The van der Waals surface area contributed by atoms with Gasteiger partial charge < -0.3 is 4.74 Å². The molecule has 0 N–H and O–H groups in total. The minimum Gasteiger partial charge on any atom is -0.462 e. The summed E-state index contributed by atoms with van der Waals surface area (Å²) in [5.41, 5.74) is -0.0914. The van der Waals surface area contributed by atoms with E-state index in [-0.39, 0.29) is 48.2 Å². The van der Waals surface area contributed by atoms with Crippen molar-refractivity contribution in [2.75, 3.05) is 19.8 Å². The molecule has 3 rings (SSSR count). The molecule has 0 aromatic heterocycles. The third-order valence-corrected chi connectivity index (χ3v) is 8.82. The van der Waals surface area contributed by atoms with Crippen LogP contribution < -0.4 is 0 Å². The van der Waals surface area contributed by atoms with E-state index in [0.29, 0.717) is 10.8 Å². The SMILES string of the molecule is CCOOCC(C#N)=C1Sc2c(F)c3c(c(F)c2S1)SC(=C(C#N)C(=O)OCC)S3. The second-order valence-corrected chi connectivity index (χ2v) is 9.99. The summed E-state index contributed by atoms with van der Waals surface area (Å²) in [7, 11) is 0. The van der Waals surface area contributed by atoms with Crippen molar-refractivity contribution in [2.24, 2.45) is 0 Å². The molecular weight excluding hydrogens is 474 g/mol. The van der Waals surface area contributed by atoms with Crippen LogP contribution in [0, 0.1) is 34.3 Å². The van der Waals surface area contributed by atoms with Crippen molar-refractivity contribution >= 4 is 53.0 Å². The number of hydrogen-bond donors (Lipinski definition) is 0. The fourth-order valence-electron chi connectivity index (χ4n) is 2.31. The predicted octanol–water partition coefficient (Wildman–Crippen LogP) is 5.36. The summed E-state index contributed by atoms with van der Waals surface area (Å²) in [6.45, 7) is 3.55. The second kappa shape index (κ2) is 10.1. The van der Waals surface area contributed by atoms with Crippen LogP contribution in [0.1, 0.15) is 13.8 Å². The van der Waals surface area contributed by atoms with Gasteiger partial charge in [0.25, 0.3) is 0 Å². The Bertz CT molecular complexity index is 1010. The van der Waals surface area contributed by atoms with E-state index in [9.17, 15) is 15.3 Å². The number of nitrogens with zero attached hydrogens (tertiary/aromatic N) is 2. The topological polar surface area (TPSA) is 92.3 Å². The Morgan fingerprint density at radius 2 is 1.40 bits per heavy atom. The average molecular weight is 487 g/mol. The molecule has 156 valence electrons. The Morgan fingerprint density at radius 1 is 0.867 bits per heavy atom. The molecule has 2 heterocycles. The number of nitriles is 2. The maximum atomic E-state index is 15.2. The van der Waals surface area contributed by atoms with Crippen molar-refractivity contribution in [3.63, 3.8) is 0 Å². The lowest BCUT2D eigenvalue weighted by Crippen LogP contribution is -2.07. The maximum absolute atomic E-state index is 15.2. The smallest absolute Gasteiger partial charge is 0.350 e. The summed E-state index contributed by atoms with van der Waals surface area (Å²) >= 11 is 3.51. The summed E-state index contributed by atoms with van der Waals surface area (Å²) in [5, 5.41) is 18.6. The number of carbonyl (C=O) groups is 1. The fourth-order valence-corrected chi connectivity index (χ4v) is 7.42. The Balaban J connectivity index is 1.96. The Kier molecular flexibility index (Phi) is 7.74. The number of thioether (sulfide) groups is 4. The standard InChI is InChI=1S/C18H12F2N2O4S4/c1-3-24-16(23)9(6-22)18-29-14-10(19)12-13(11(20)15(14)30-18)28-17(27-12)8(5-21)7-26-25-4-2/h3-4,7H2,1-2H3. The molecule has 1 aromatic carbocycles. The van der Waals surface area contributed by atoms with Crippen molar-refractivity contribution in [3.05, 3.63) is 31.3 Å². The van der Waals surface area contributed by atoms with Gasteiger partial charge in [-0.3, -0.25) is 0 Å². The molecule has 1 aromatic rings. The number of carbonyl (C=O) groups excluding carboxylic acids is 1. The van der Waals surface area contributed by atoms with E-state index >= 15 is 8.78 Å². The number of rotatable bonds is 6. The van der Waals surface area contributed by atoms with Gasteiger partial charge in [-0.25, -0.2) is 23.4 Å². The highest BCUT2D eigenvalue weighted by molar-refractivity contribution is 8.25. The van der Waals surface area contributed by atoms with Gasteiger partial charge in [0, 0.05) is 0 Å². The van der Waals surface area contributed by atoms with Crippen LogP contribution in [-0.4, -0.2) is 25.8 Å². The first-order valence-electron chi connectivity index (χ1n) is 8.42. The molecule has 0 amide bonds. The van der Waals surface area contributed by atoms with E-state index in [1.165, 1.54) is 0 Å². The number of hydrogen-bond acceptors (Lipinski definition) is 10. The number of benzene rings is 1. The van der Waals surface area contributed by atoms with E-state index in [2.05, 4.69) is 0 Å². The van der Waals surface area contributed by atoms with Crippen molar-refractivity contribution < 1.29 is 28.1 Å². The van der Waals surface area contributed by atoms with Crippen LogP contribution in [-0.2, 0) is 19.3 Å².